The molecule has 0 atom stereocenters. The van der Waals surface area contributed by atoms with Gasteiger partial charge >= 0.3 is 6.09 Å². The number of rotatable bonds is 7. The molecule has 0 bridgehead atoms. The van der Waals surface area contributed by atoms with Crippen molar-refractivity contribution in [3.63, 3.8) is 0 Å². The van der Waals surface area contributed by atoms with Crippen LogP contribution < -0.4 is 4.74 Å². The van der Waals surface area contributed by atoms with E-state index in [4.69, 9.17) is 32.7 Å². The molecule has 2 aromatic heterocycles. The molecule has 4 rings (SSSR count). The second-order valence-corrected chi connectivity index (χ2v) is 12.3. The third kappa shape index (κ3) is 6.38. The summed E-state index contributed by atoms with van der Waals surface area (Å²) in [4.78, 5) is 33.2. The predicted molar refractivity (Wildman–Crippen MR) is 161 cm³/mol. The number of fused-ring (bicyclic) bond motifs is 1. The Labute approximate surface area is 251 Å². The van der Waals surface area contributed by atoms with Crippen molar-refractivity contribution < 1.29 is 19.1 Å². The summed E-state index contributed by atoms with van der Waals surface area (Å²) in [5.74, 6) is 0.350. The topological polar surface area (TPSA) is 86.6 Å². The molecule has 0 N–H and O–H groups in total. The number of halogens is 2. The summed E-state index contributed by atoms with van der Waals surface area (Å²) in [6.45, 7) is 16.4. The van der Waals surface area contributed by atoms with E-state index < -0.39 is 11.7 Å². The minimum Gasteiger partial charge on any atom is -0.477 e. The smallest absolute Gasteiger partial charge is 0.435 e. The number of hydrogen-bond acceptors (Lipinski definition) is 6. The van der Waals surface area contributed by atoms with Crippen molar-refractivity contribution in [3.8, 4) is 17.0 Å². The standard InChI is InChI=1S/C31H38Cl2N4O4/c1-9-10-13-40-28-23(17(2)14-18(3)34-28)16-36-12-11-21-24(32)15-22(27(33)26(21)29(36)38)25-19(4)35-37(20(25)5)30(39)41-31(6,7)8/h14-15H,9-13,16H2,1-8H3. The third-order valence-corrected chi connectivity index (χ3v) is 7.83. The molecule has 1 amide bonds. The van der Waals surface area contributed by atoms with Crippen LogP contribution in [-0.2, 0) is 17.7 Å². The lowest BCUT2D eigenvalue weighted by molar-refractivity contribution is 0.0510. The van der Waals surface area contributed by atoms with Gasteiger partial charge in [-0.1, -0.05) is 36.5 Å². The van der Waals surface area contributed by atoms with Gasteiger partial charge in [-0.3, -0.25) is 4.79 Å². The summed E-state index contributed by atoms with van der Waals surface area (Å²) in [5.41, 5.74) is 5.47. The van der Waals surface area contributed by atoms with Crippen LogP contribution in [0.25, 0.3) is 11.1 Å². The minimum absolute atomic E-state index is 0.214. The van der Waals surface area contributed by atoms with Gasteiger partial charge in [0, 0.05) is 34.0 Å². The Bertz CT molecular complexity index is 1510. The van der Waals surface area contributed by atoms with Gasteiger partial charge in [0.1, 0.15) is 5.60 Å². The van der Waals surface area contributed by atoms with Crippen LogP contribution in [0.1, 0.15) is 84.7 Å². The van der Waals surface area contributed by atoms with Crippen molar-refractivity contribution >= 4 is 35.2 Å². The summed E-state index contributed by atoms with van der Waals surface area (Å²) in [6, 6.07) is 3.76. The van der Waals surface area contributed by atoms with Gasteiger partial charge in [-0.05, 0) is 84.6 Å². The summed E-state index contributed by atoms with van der Waals surface area (Å²) in [6.07, 6.45) is 1.90. The van der Waals surface area contributed by atoms with Gasteiger partial charge in [0.15, 0.2) is 0 Å². The number of aryl methyl sites for hydroxylation is 3. The Morgan fingerprint density at radius 1 is 1.10 bits per heavy atom. The zero-order valence-corrected chi connectivity index (χ0v) is 26.6. The number of carbonyl (C=O) groups excluding carboxylic acids is 2. The SMILES string of the molecule is CCCCOc1nc(C)cc(C)c1CN1CCc2c(Cl)cc(-c3c(C)nn(C(=O)OC(C)(C)C)c3C)c(Cl)c2C1=O. The van der Waals surface area contributed by atoms with E-state index in [2.05, 4.69) is 17.0 Å². The molecular weight excluding hydrogens is 563 g/mol. The van der Waals surface area contributed by atoms with E-state index >= 15 is 0 Å². The van der Waals surface area contributed by atoms with Gasteiger partial charge in [-0.15, -0.1) is 0 Å². The first-order valence-electron chi connectivity index (χ1n) is 13.9. The second-order valence-electron chi connectivity index (χ2n) is 11.6. The highest BCUT2D eigenvalue weighted by atomic mass is 35.5. The van der Waals surface area contributed by atoms with Gasteiger partial charge in [0.2, 0.25) is 5.88 Å². The van der Waals surface area contributed by atoms with Gasteiger partial charge in [0.05, 0.1) is 35.1 Å². The van der Waals surface area contributed by atoms with E-state index in [1.54, 1.807) is 45.6 Å². The van der Waals surface area contributed by atoms with E-state index in [1.807, 2.05) is 19.9 Å². The fourth-order valence-corrected chi connectivity index (χ4v) is 5.77. The normalized spacial score (nSPS) is 13.4. The molecule has 0 fully saturated rings. The molecule has 8 nitrogen and oxygen atoms in total. The molecule has 3 heterocycles. The molecule has 3 aromatic rings. The average molecular weight is 602 g/mol. The zero-order chi connectivity index (χ0) is 30.2. The van der Waals surface area contributed by atoms with Crippen LogP contribution in [0.2, 0.25) is 10.0 Å². The fourth-order valence-electron chi connectivity index (χ4n) is 5.13. The highest BCUT2D eigenvalue weighted by molar-refractivity contribution is 6.39. The van der Waals surface area contributed by atoms with Crippen LogP contribution in [-0.4, -0.2) is 50.4 Å². The Morgan fingerprint density at radius 2 is 1.80 bits per heavy atom. The third-order valence-electron chi connectivity index (χ3n) is 7.10. The Kier molecular flexibility index (Phi) is 9.04. The number of amides is 1. The van der Waals surface area contributed by atoms with Crippen LogP contribution in [0.3, 0.4) is 0 Å². The fraction of sp³-hybridized carbons (Fsp3) is 0.484. The average Bonchev–Trinajstić information content (AvgIpc) is 3.17. The quantitative estimate of drug-likeness (QED) is 0.259. The van der Waals surface area contributed by atoms with Crippen molar-refractivity contribution in [3.05, 3.63) is 61.5 Å². The Balaban J connectivity index is 1.72. The number of aromatic nitrogens is 3. The summed E-state index contributed by atoms with van der Waals surface area (Å²) in [7, 11) is 0. The molecule has 0 saturated carbocycles. The molecule has 1 aliphatic rings. The van der Waals surface area contributed by atoms with Crippen molar-refractivity contribution in [2.24, 2.45) is 0 Å². The van der Waals surface area contributed by atoms with Gasteiger partial charge in [-0.25, -0.2) is 9.78 Å². The van der Waals surface area contributed by atoms with Crippen molar-refractivity contribution in [2.45, 2.75) is 86.8 Å². The van der Waals surface area contributed by atoms with Crippen LogP contribution >= 0.6 is 23.2 Å². The van der Waals surface area contributed by atoms with Crippen molar-refractivity contribution in [1.82, 2.24) is 19.7 Å². The number of pyridine rings is 1. The number of carbonyl (C=O) groups is 2. The minimum atomic E-state index is -0.682. The Hall–Kier alpha value is -3.10. The van der Waals surface area contributed by atoms with Crippen LogP contribution in [0.15, 0.2) is 12.1 Å². The van der Waals surface area contributed by atoms with E-state index in [0.29, 0.717) is 65.1 Å². The van der Waals surface area contributed by atoms with Crippen LogP contribution in [0, 0.1) is 27.7 Å². The molecule has 1 aliphatic heterocycles. The molecular formula is C31H38Cl2N4O4. The lowest BCUT2D eigenvalue weighted by Gasteiger charge is -2.31. The monoisotopic (exact) mass is 600 g/mol. The van der Waals surface area contributed by atoms with Crippen molar-refractivity contribution in [2.75, 3.05) is 13.2 Å². The molecule has 0 radical (unpaired) electrons. The molecule has 41 heavy (non-hydrogen) atoms. The lowest BCUT2D eigenvalue weighted by atomic mass is 9.92. The molecule has 0 spiro atoms. The van der Waals surface area contributed by atoms with Crippen LogP contribution in [0.5, 0.6) is 5.88 Å². The summed E-state index contributed by atoms with van der Waals surface area (Å²) in [5, 5.41) is 5.16. The predicted octanol–water partition coefficient (Wildman–Crippen LogP) is 7.65. The maximum atomic E-state index is 14.0. The van der Waals surface area contributed by atoms with E-state index in [-0.39, 0.29) is 10.9 Å². The second kappa shape index (κ2) is 12.0. The molecule has 0 aliphatic carbocycles. The van der Waals surface area contributed by atoms with Crippen LogP contribution in [0.4, 0.5) is 4.79 Å². The van der Waals surface area contributed by atoms with E-state index in [1.165, 1.54) is 4.68 Å². The Morgan fingerprint density at radius 3 is 2.46 bits per heavy atom. The number of nitrogens with zero attached hydrogens (tertiary/aromatic N) is 4. The molecule has 1 aromatic carbocycles. The number of benzene rings is 1. The molecule has 0 saturated heterocycles. The molecule has 10 heteroatoms. The number of hydrogen-bond donors (Lipinski definition) is 0. The van der Waals surface area contributed by atoms with Gasteiger partial charge < -0.3 is 14.4 Å². The zero-order valence-electron chi connectivity index (χ0n) is 25.1. The highest BCUT2D eigenvalue weighted by Crippen LogP contribution is 2.42. The van der Waals surface area contributed by atoms with E-state index in [0.717, 1.165) is 35.2 Å². The maximum Gasteiger partial charge on any atom is 0.435 e. The largest absolute Gasteiger partial charge is 0.477 e. The molecule has 220 valence electrons. The van der Waals surface area contributed by atoms with Gasteiger partial charge in [-0.2, -0.15) is 9.78 Å². The highest BCUT2D eigenvalue weighted by Gasteiger charge is 2.33. The number of unbranched alkanes of at least 4 members (excludes halogenated alkanes) is 1. The van der Waals surface area contributed by atoms with E-state index in [9.17, 15) is 9.59 Å². The lowest BCUT2D eigenvalue weighted by Crippen LogP contribution is -2.38. The van der Waals surface area contributed by atoms with Crippen molar-refractivity contribution in [1.29, 1.82) is 0 Å². The van der Waals surface area contributed by atoms with Gasteiger partial charge in [0.25, 0.3) is 5.91 Å². The summed E-state index contributed by atoms with van der Waals surface area (Å²) >= 11 is 13.8. The maximum absolute atomic E-state index is 14.0. The number of ether oxygens (including phenoxy) is 2. The first-order valence-corrected chi connectivity index (χ1v) is 14.7. The first kappa shape index (κ1) is 30.8. The first-order chi connectivity index (χ1) is 19.2. The molecule has 0 unspecified atom stereocenters. The summed E-state index contributed by atoms with van der Waals surface area (Å²) < 4.78 is 12.8.